The summed E-state index contributed by atoms with van der Waals surface area (Å²) in [5, 5.41) is 0. The quantitative estimate of drug-likeness (QED) is 0.744. The van der Waals surface area contributed by atoms with Crippen LogP contribution in [0.1, 0.15) is 26.3 Å². The maximum atomic E-state index is 3.55. The molecule has 0 N–H and O–H groups in total. The average Bonchev–Trinajstić information content (AvgIpc) is 2.06. The number of rotatable bonds is 1. The number of nitrogens with zero attached hydrogens (tertiary/aromatic N) is 1. The van der Waals surface area contributed by atoms with Crippen LogP contribution >= 0.6 is 15.9 Å². The van der Waals surface area contributed by atoms with E-state index in [9.17, 15) is 0 Å². The predicted octanol–water partition coefficient (Wildman–Crippen LogP) is 4.24. The van der Waals surface area contributed by atoms with Crippen molar-refractivity contribution in [2.24, 2.45) is 11.3 Å². The van der Waals surface area contributed by atoms with Crippen molar-refractivity contribution in [3.05, 3.63) is 28.2 Å². The summed E-state index contributed by atoms with van der Waals surface area (Å²) < 4.78 is 1.17. The van der Waals surface area contributed by atoms with Gasteiger partial charge < -0.3 is 4.90 Å². The lowest BCUT2D eigenvalue weighted by Crippen LogP contribution is -2.52. The van der Waals surface area contributed by atoms with E-state index in [0.717, 1.165) is 5.92 Å². The molecular formula is C14H20BrN. The van der Waals surface area contributed by atoms with Gasteiger partial charge in [0.05, 0.1) is 0 Å². The van der Waals surface area contributed by atoms with Crippen molar-refractivity contribution in [1.29, 1.82) is 0 Å². The first kappa shape index (κ1) is 12.0. The Labute approximate surface area is 107 Å². The molecule has 16 heavy (non-hydrogen) atoms. The standard InChI is InChI=1S/C14H20BrN/c1-10-5-6-12(15)7-13(10)16-8-11(9-16)14(2,3)4/h5-7,11H,8-9H2,1-4H3. The van der Waals surface area contributed by atoms with Gasteiger partial charge in [0.2, 0.25) is 0 Å². The molecule has 1 fully saturated rings. The molecule has 2 rings (SSSR count). The molecular weight excluding hydrogens is 262 g/mol. The van der Waals surface area contributed by atoms with E-state index in [0.29, 0.717) is 5.41 Å². The van der Waals surface area contributed by atoms with E-state index >= 15 is 0 Å². The van der Waals surface area contributed by atoms with Crippen molar-refractivity contribution in [1.82, 2.24) is 0 Å². The molecule has 0 atom stereocenters. The molecule has 1 aromatic rings. The largest absolute Gasteiger partial charge is 0.371 e. The molecule has 0 saturated carbocycles. The molecule has 0 unspecified atom stereocenters. The second-order valence-electron chi connectivity index (χ2n) is 5.90. The summed E-state index contributed by atoms with van der Waals surface area (Å²) >= 11 is 3.55. The zero-order valence-corrected chi connectivity index (χ0v) is 12.1. The van der Waals surface area contributed by atoms with Gasteiger partial charge in [-0.15, -0.1) is 0 Å². The van der Waals surface area contributed by atoms with Crippen molar-refractivity contribution in [3.8, 4) is 0 Å². The SMILES string of the molecule is Cc1ccc(Br)cc1N1CC(C(C)(C)C)C1. The fourth-order valence-electron chi connectivity index (χ4n) is 2.15. The Bertz CT molecular complexity index is 386. The maximum Gasteiger partial charge on any atom is 0.0407 e. The smallest absolute Gasteiger partial charge is 0.0407 e. The highest BCUT2D eigenvalue weighted by Gasteiger charge is 2.36. The van der Waals surface area contributed by atoms with Crippen LogP contribution in [0.4, 0.5) is 5.69 Å². The number of aryl methyl sites for hydroxylation is 1. The molecule has 1 saturated heterocycles. The van der Waals surface area contributed by atoms with E-state index in [1.54, 1.807) is 0 Å². The van der Waals surface area contributed by atoms with Gasteiger partial charge in [0.25, 0.3) is 0 Å². The van der Waals surface area contributed by atoms with Crippen molar-refractivity contribution >= 4 is 21.6 Å². The molecule has 0 amide bonds. The zero-order valence-electron chi connectivity index (χ0n) is 10.5. The highest BCUT2D eigenvalue weighted by Crippen LogP contribution is 2.38. The Morgan fingerprint density at radius 1 is 1.25 bits per heavy atom. The summed E-state index contributed by atoms with van der Waals surface area (Å²) in [6, 6.07) is 6.53. The first-order chi connectivity index (χ1) is 7.38. The molecule has 88 valence electrons. The second kappa shape index (κ2) is 4.06. The highest BCUT2D eigenvalue weighted by atomic mass is 79.9. The van der Waals surface area contributed by atoms with E-state index in [1.165, 1.54) is 28.8 Å². The fourth-order valence-corrected chi connectivity index (χ4v) is 2.50. The summed E-state index contributed by atoms with van der Waals surface area (Å²) in [6.07, 6.45) is 0. The number of benzene rings is 1. The van der Waals surface area contributed by atoms with Crippen LogP contribution in [0.25, 0.3) is 0 Å². The molecule has 0 bridgehead atoms. The topological polar surface area (TPSA) is 3.24 Å². The van der Waals surface area contributed by atoms with Gasteiger partial charge in [-0.3, -0.25) is 0 Å². The second-order valence-corrected chi connectivity index (χ2v) is 6.81. The first-order valence-electron chi connectivity index (χ1n) is 5.89. The molecule has 0 spiro atoms. The van der Waals surface area contributed by atoms with Crippen LogP contribution in [0.3, 0.4) is 0 Å². The first-order valence-corrected chi connectivity index (χ1v) is 6.68. The average molecular weight is 282 g/mol. The molecule has 1 aliphatic rings. The Balaban J connectivity index is 2.09. The molecule has 1 aliphatic heterocycles. The minimum Gasteiger partial charge on any atom is -0.371 e. The Kier molecular flexibility index (Phi) is 3.04. The Hall–Kier alpha value is -0.500. The lowest BCUT2D eigenvalue weighted by molar-refractivity contribution is 0.195. The van der Waals surface area contributed by atoms with Crippen LogP contribution < -0.4 is 4.90 Å². The molecule has 0 aliphatic carbocycles. The molecule has 1 aromatic carbocycles. The van der Waals surface area contributed by atoms with Gasteiger partial charge in [0.1, 0.15) is 0 Å². The number of hydrogen-bond acceptors (Lipinski definition) is 1. The van der Waals surface area contributed by atoms with Crippen molar-refractivity contribution < 1.29 is 0 Å². The van der Waals surface area contributed by atoms with Gasteiger partial charge in [0.15, 0.2) is 0 Å². The van der Waals surface area contributed by atoms with Gasteiger partial charge in [-0.1, -0.05) is 42.8 Å². The monoisotopic (exact) mass is 281 g/mol. The molecule has 0 radical (unpaired) electrons. The number of halogens is 1. The summed E-state index contributed by atoms with van der Waals surface area (Å²) in [6.45, 7) is 11.6. The molecule has 2 heteroatoms. The van der Waals surface area contributed by atoms with Gasteiger partial charge in [-0.2, -0.15) is 0 Å². The van der Waals surface area contributed by atoms with Crippen LogP contribution in [0, 0.1) is 18.3 Å². The minimum atomic E-state index is 0.441. The number of anilines is 1. The third-order valence-corrected chi connectivity index (χ3v) is 4.11. The minimum absolute atomic E-state index is 0.441. The van der Waals surface area contributed by atoms with Crippen molar-refractivity contribution in [2.45, 2.75) is 27.7 Å². The van der Waals surface area contributed by atoms with Crippen LogP contribution in [-0.2, 0) is 0 Å². The third-order valence-electron chi connectivity index (χ3n) is 3.62. The van der Waals surface area contributed by atoms with E-state index in [1.807, 2.05) is 0 Å². The highest BCUT2D eigenvalue weighted by molar-refractivity contribution is 9.10. The van der Waals surface area contributed by atoms with E-state index in [2.05, 4.69) is 66.7 Å². The summed E-state index contributed by atoms with van der Waals surface area (Å²) in [4.78, 5) is 2.48. The van der Waals surface area contributed by atoms with Crippen LogP contribution in [-0.4, -0.2) is 13.1 Å². The lowest BCUT2D eigenvalue weighted by atomic mass is 9.75. The lowest BCUT2D eigenvalue weighted by Gasteiger charge is -2.48. The van der Waals surface area contributed by atoms with Crippen LogP contribution in [0.5, 0.6) is 0 Å². The summed E-state index contributed by atoms with van der Waals surface area (Å²) in [7, 11) is 0. The Morgan fingerprint density at radius 2 is 1.88 bits per heavy atom. The number of hydrogen-bond donors (Lipinski definition) is 0. The van der Waals surface area contributed by atoms with Crippen LogP contribution in [0.15, 0.2) is 22.7 Å². The van der Waals surface area contributed by atoms with E-state index in [4.69, 9.17) is 0 Å². The van der Waals surface area contributed by atoms with Gasteiger partial charge in [-0.05, 0) is 36.0 Å². The van der Waals surface area contributed by atoms with Crippen molar-refractivity contribution in [2.75, 3.05) is 18.0 Å². The normalized spacial score (nSPS) is 17.4. The molecule has 1 nitrogen and oxygen atoms in total. The summed E-state index contributed by atoms with van der Waals surface area (Å²) in [5.74, 6) is 0.825. The van der Waals surface area contributed by atoms with Crippen molar-refractivity contribution in [3.63, 3.8) is 0 Å². The van der Waals surface area contributed by atoms with Crippen LogP contribution in [0.2, 0.25) is 0 Å². The summed E-state index contributed by atoms with van der Waals surface area (Å²) in [5.41, 5.74) is 3.20. The van der Waals surface area contributed by atoms with E-state index < -0.39 is 0 Å². The van der Waals surface area contributed by atoms with Gasteiger partial charge in [0, 0.05) is 23.2 Å². The molecule has 1 heterocycles. The van der Waals surface area contributed by atoms with Gasteiger partial charge >= 0.3 is 0 Å². The molecule has 0 aromatic heterocycles. The van der Waals surface area contributed by atoms with E-state index in [-0.39, 0.29) is 0 Å². The fraction of sp³-hybridized carbons (Fsp3) is 0.571. The predicted molar refractivity (Wildman–Crippen MR) is 74.0 cm³/mol. The van der Waals surface area contributed by atoms with Gasteiger partial charge in [-0.25, -0.2) is 0 Å². The third kappa shape index (κ3) is 2.27. The zero-order chi connectivity index (χ0) is 11.9. The maximum absolute atomic E-state index is 3.55. The Morgan fingerprint density at radius 3 is 2.44 bits per heavy atom.